The van der Waals surface area contributed by atoms with E-state index in [-0.39, 0.29) is 0 Å². The predicted molar refractivity (Wildman–Crippen MR) is 95.2 cm³/mol. The number of halogens is 2. The van der Waals surface area contributed by atoms with Crippen molar-refractivity contribution in [3.8, 4) is 0 Å². The molecule has 0 unspecified atom stereocenters. The first-order valence-corrected chi connectivity index (χ1v) is 7.55. The molecule has 0 heterocycles. The summed E-state index contributed by atoms with van der Waals surface area (Å²) in [6.45, 7) is 0.707. The molecule has 0 spiro atoms. The lowest BCUT2D eigenvalue weighted by Gasteiger charge is -2.11. The first kappa shape index (κ1) is 15.9. The molecule has 0 radical (unpaired) electrons. The van der Waals surface area contributed by atoms with Gasteiger partial charge in [-0.15, -0.1) is 0 Å². The smallest absolute Gasteiger partial charge is 0.170 e. The monoisotopic (exact) mass is 339 g/mol. The molecule has 0 aliphatic carbocycles. The topological polar surface area (TPSA) is 50.1 Å². The van der Waals surface area contributed by atoms with E-state index in [1.54, 1.807) is 6.07 Å². The van der Waals surface area contributed by atoms with Crippen molar-refractivity contribution in [3.05, 3.63) is 58.1 Å². The van der Waals surface area contributed by atoms with Gasteiger partial charge >= 0.3 is 0 Å². The second kappa shape index (κ2) is 7.50. The first-order valence-electron chi connectivity index (χ1n) is 6.39. The van der Waals surface area contributed by atoms with Gasteiger partial charge in [0.15, 0.2) is 5.11 Å². The number of hydrogen-bond acceptors (Lipinski definition) is 2. The number of nitrogens with two attached hydrogens (primary N) is 1. The van der Waals surface area contributed by atoms with Gasteiger partial charge in [0.05, 0.1) is 10.0 Å². The SMILES string of the molecule is Nc1ccc(NC(=S)NCCc2ccc(Cl)c(Cl)c2)cc1. The van der Waals surface area contributed by atoms with Crippen molar-refractivity contribution in [3.63, 3.8) is 0 Å². The summed E-state index contributed by atoms with van der Waals surface area (Å²) in [6.07, 6.45) is 0.806. The number of hydrogen-bond donors (Lipinski definition) is 3. The molecular formula is C15H15Cl2N3S. The Kier molecular flexibility index (Phi) is 5.67. The Morgan fingerprint density at radius 1 is 1.05 bits per heavy atom. The molecule has 0 saturated heterocycles. The van der Waals surface area contributed by atoms with Crippen LogP contribution in [0.15, 0.2) is 42.5 Å². The van der Waals surface area contributed by atoms with E-state index < -0.39 is 0 Å². The Labute approximate surface area is 139 Å². The third-order valence-corrected chi connectivity index (χ3v) is 3.84. The van der Waals surface area contributed by atoms with Crippen LogP contribution >= 0.6 is 35.4 Å². The third-order valence-electron chi connectivity index (χ3n) is 2.85. The summed E-state index contributed by atoms with van der Waals surface area (Å²) in [5, 5.41) is 7.93. The van der Waals surface area contributed by atoms with E-state index in [1.807, 2.05) is 36.4 Å². The van der Waals surface area contributed by atoms with Gasteiger partial charge in [-0.2, -0.15) is 0 Å². The van der Waals surface area contributed by atoms with E-state index in [1.165, 1.54) is 0 Å². The van der Waals surface area contributed by atoms with Crippen LogP contribution in [0.25, 0.3) is 0 Å². The molecular weight excluding hydrogens is 325 g/mol. The standard InChI is InChI=1S/C15H15Cl2N3S/c16-13-6-1-10(9-14(13)17)7-8-19-15(21)20-12-4-2-11(18)3-5-12/h1-6,9H,7-8,18H2,(H2,19,20,21). The maximum absolute atomic E-state index is 5.97. The molecule has 0 atom stereocenters. The fourth-order valence-corrected chi connectivity index (χ4v) is 2.30. The molecule has 4 N–H and O–H groups in total. The summed E-state index contributed by atoms with van der Waals surface area (Å²) < 4.78 is 0. The van der Waals surface area contributed by atoms with Gasteiger partial charge in [-0.3, -0.25) is 0 Å². The lowest BCUT2D eigenvalue weighted by Crippen LogP contribution is -2.30. The maximum Gasteiger partial charge on any atom is 0.170 e. The molecule has 110 valence electrons. The van der Waals surface area contributed by atoms with Crippen LogP contribution in [0.3, 0.4) is 0 Å². The Hall–Kier alpha value is -1.49. The third kappa shape index (κ3) is 5.08. The van der Waals surface area contributed by atoms with Crippen LogP contribution < -0.4 is 16.4 Å². The zero-order chi connectivity index (χ0) is 15.2. The second-order valence-electron chi connectivity index (χ2n) is 4.50. The summed E-state index contributed by atoms with van der Waals surface area (Å²) in [7, 11) is 0. The number of benzene rings is 2. The molecule has 2 rings (SSSR count). The first-order chi connectivity index (χ1) is 10.0. The molecule has 0 aliphatic heterocycles. The number of thiocarbonyl (C=S) groups is 1. The molecule has 21 heavy (non-hydrogen) atoms. The molecule has 0 fully saturated rings. The summed E-state index contributed by atoms with van der Waals surface area (Å²) >= 11 is 17.1. The lowest BCUT2D eigenvalue weighted by atomic mass is 10.1. The highest BCUT2D eigenvalue weighted by molar-refractivity contribution is 7.80. The van der Waals surface area contributed by atoms with Crippen LogP contribution in [0, 0.1) is 0 Å². The van der Waals surface area contributed by atoms with E-state index in [9.17, 15) is 0 Å². The molecule has 3 nitrogen and oxygen atoms in total. The van der Waals surface area contributed by atoms with Crippen molar-refractivity contribution in [2.24, 2.45) is 0 Å². The van der Waals surface area contributed by atoms with Gasteiger partial charge in [0.2, 0.25) is 0 Å². The summed E-state index contributed by atoms with van der Waals surface area (Å²) in [5.74, 6) is 0. The van der Waals surface area contributed by atoms with Crippen LogP contribution in [0.5, 0.6) is 0 Å². The van der Waals surface area contributed by atoms with Gasteiger partial charge in [-0.25, -0.2) is 0 Å². The maximum atomic E-state index is 5.97. The van der Waals surface area contributed by atoms with Crippen LogP contribution in [-0.2, 0) is 6.42 Å². The van der Waals surface area contributed by atoms with Crippen molar-refractivity contribution in [1.82, 2.24) is 5.32 Å². The van der Waals surface area contributed by atoms with Gasteiger partial charge in [0.25, 0.3) is 0 Å². The second-order valence-corrected chi connectivity index (χ2v) is 5.72. The van der Waals surface area contributed by atoms with Crippen molar-refractivity contribution >= 4 is 51.9 Å². The van der Waals surface area contributed by atoms with Crippen LogP contribution in [0.4, 0.5) is 11.4 Å². The quantitative estimate of drug-likeness (QED) is 0.579. The average molecular weight is 340 g/mol. The Balaban J connectivity index is 1.78. The average Bonchev–Trinajstić information content (AvgIpc) is 2.45. The normalized spacial score (nSPS) is 10.2. The zero-order valence-corrected chi connectivity index (χ0v) is 13.5. The van der Waals surface area contributed by atoms with Crippen molar-refractivity contribution in [2.75, 3.05) is 17.6 Å². The van der Waals surface area contributed by atoms with E-state index in [0.717, 1.165) is 23.4 Å². The minimum atomic E-state index is 0.564. The fourth-order valence-electron chi connectivity index (χ4n) is 1.76. The Morgan fingerprint density at radius 3 is 2.43 bits per heavy atom. The molecule has 2 aromatic rings. The Morgan fingerprint density at radius 2 is 1.76 bits per heavy atom. The van der Waals surface area contributed by atoms with Crippen LogP contribution in [0.1, 0.15) is 5.56 Å². The highest BCUT2D eigenvalue weighted by Gasteiger charge is 2.01. The molecule has 0 amide bonds. The summed E-state index contributed by atoms with van der Waals surface area (Å²) in [4.78, 5) is 0. The summed E-state index contributed by atoms with van der Waals surface area (Å²) in [5.41, 5.74) is 8.35. The van der Waals surface area contributed by atoms with Crippen molar-refractivity contribution in [1.29, 1.82) is 0 Å². The Bertz CT molecular complexity index is 629. The number of anilines is 2. The number of nitrogen functional groups attached to an aromatic ring is 1. The van der Waals surface area contributed by atoms with Gasteiger partial charge < -0.3 is 16.4 Å². The van der Waals surface area contributed by atoms with Crippen molar-refractivity contribution < 1.29 is 0 Å². The summed E-state index contributed by atoms with van der Waals surface area (Å²) in [6, 6.07) is 13.0. The van der Waals surface area contributed by atoms with Crippen molar-refractivity contribution in [2.45, 2.75) is 6.42 Å². The highest BCUT2D eigenvalue weighted by Crippen LogP contribution is 2.22. The van der Waals surface area contributed by atoms with Gasteiger partial charge in [-0.1, -0.05) is 29.3 Å². The number of nitrogens with one attached hydrogen (secondary N) is 2. The lowest BCUT2D eigenvalue weighted by molar-refractivity contribution is 0.873. The van der Waals surface area contributed by atoms with Crippen LogP contribution in [-0.4, -0.2) is 11.7 Å². The van der Waals surface area contributed by atoms with Gasteiger partial charge in [0.1, 0.15) is 0 Å². The number of rotatable bonds is 4. The minimum absolute atomic E-state index is 0.564. The van der Waals surface area contributed by atoms with E-state index in [0.29, 0.717) is 21.7 Å². The molecule has 0 aromatic heterocycles. The van der Waals surface area contributed by atoms with Crippen LogP contribution in [0.2, 0.25) is 10.0 Å². The zero-order valence-electron chi connectivity index (χ0n) is 11.2. The largest absolute Gasteiger partial charge is 0.399 e. The molecule has 0 bridgehead atoms. The molecule has 6 heteroatoms. The predicted octanol–water partition coefficient (Wildman–Crippen LogP) is 4.10. The molecule has 2 aromatic carbocycles. The van der Waals surface area contributed by atoms with E-state index >= 15 is 0 Å². The minimum Gasteiger partial charge on any atom is -0.399 e. The molecule has 0 aliphatic rings. The van der Waals surface area contributed by atoms with Gasteiger partial charge in [0, 0.05) is 17.9 Å². The fraction of sp³-hybridized carbons (Fsp3) is 0.133. The highest BCUT2D eigenvalue weighted by atomic mass is 35.5. The van der Waals surface area contributed by atoms with E-state index in [4.69, 9.17) is 41.2 Å². The molecule has 0 saturated carbocycles. The van der Waals surface area contributed by atoms with E-state index in [2.05, 4.69) is 10.6 Å². The van der Waals surface area contributed by atoms with Gasteiger partial charge in [-0.05, 0) is 60.6 Å².